The molecule has 48 heavy (non-hydrogen) atoms. The number of anilines is 1. The Morgan fingerprint density at radius 1 is 0.792 bits per heavy atom. The predicted molar refractivity (Wildman–Crippen MR) is 181 cm³/mol. The molecule has 0 fully saturated rings. The number of aliphatic hydroxyl groups is 1. The van der Waals surface area contributed by atoms with Crippen molar-refractivity contribution < 1.29 is 38.6 Å². The number of alkyl carbamates (subject to hydrolysis) is 1. The number of fused-ring (bicyclic) bond motifs is 1. The Bertz CT molecular complexity index is 1580. The predicted octanol–water partition coefficient (Wildman–Crippen LogP) is 3.76. The number of aliphatic hydroxyl groups excluding tert-OH is 1. The van der Waals surface area contributed by atoms with Gasteiger partial charge < -0.3 is 35.8 Å². The van der Waals surface area contributed by atoms with E-state index < -0.39 is 60.4 Å². The fourth-order valence-corrected chi connectivity index (χ4v) is 4.61. The van der Waals surface area contributed by atoms with Crippen molar-refractivity contribution in [3.8, 4) is 0 Å². The van der Waals surface area contributed by atoms with Gasteiger partial charge in [0, 0.05) is 18.2 Å². The maximum absolute atomic E-state index is 13.5. The number of hydrogen-bond donors (Lipinski definition) is 5. The number of hydrogen-bond acceptors (Lipinski definition) is 8. The largest absolute Gasteiger partial charge is 0.461 e. The highest BCUT2D eigenvalue weighted by molar-refractivity contribution is 6.00. The lowest BCUT2D eigenvalue weighted by Crippen LogP contribution is -2.50. The molecule has 3 rings (SSSR count). The summed E-state index contributed by atoms with van der Waals surface area (Å²) in [6, 6.07) is 18.7. The lowest BCUT2D eigenvalue weighted by Gasteiger charge is -2.23. The average Bonchev–Trinajstić information content (AvgIpc) is 3.08. The molecule has 0 aromatic heterocycles. The fraction of sp³-hybridized carbons (Fsp3) is 0.306. The highest BCUT2D eigenvalue weighted by Gasteiger charge is 2.30. The molecule has 0 aliphatic carbocycles. The molecule has 0 bridgehead atoms. The molecular weight excluding hydrogens is 616 g/mol. The van der Waals surface area contributed by atoms with E-state index in [4.69, 9.17) is 9.47 Å². The van der Waals surface area contributed by atoms with Crippen LogP contribution in [0, 0.1) is 5.92 Å². The minimum Gasteiger partial charge on any atom is -0.461 e. The first-order valence-electron chi connectivity index (χ1n) is 15.5. The lowest BCUT2D eigenvalue weighted by molar-refractivity contribution is -0.148. The molecule has 0 aliphatic rings. The molecule has 0 radical (unpaired) electrons. The molecule has 12 heteroatoms. The zero-order chi connectivity index (χ0) is 34.9. The number of benzene rings is 3. The number of amides is 4. The summed E-state index contributed by atoms with van der Waals surface area (Å²) in [5, 5.41) is 21.5. The lowest BCUT2D eigenvalue weighted by atomic mass is 9.99. The molecule has 3 aromatic carbocycles. The first kappa shape index (κ1) is 37.0. The van der Waals surface area contributed by atoms with Crippen LogP contribution in [0.2, 0.25) is 0 Å². The van der Waals surface area contributed by atoms with E-state index in [1.165, 1.54) is 12.2 Å². The van der Waals surface area contributed by atoms with Crippen LogP contribution >= 0.6 is 0 Å². The van der Waals surface area contributed by atoms with Crippen LogP contribution in [0.15, 0.2) is 98.1 Å². The van der Waals surface area contributed by atoms with Crippen LogP contribution in [-0.2, 0) is 35.3 Å². The van der Waals surface area contributed by atoms with Gasteiger partial charge in [0.2, 0.25) is 11.8 Å². The van der Waals surface area contributed by atoms with Crippen molar-refractivity contribution in [3.63, 3.8) is 0 Å². The third kappa shape index (κ3) is 12.0. The Kier molecular flexibility index (Phi) is 14.8. The number of ether oxygens (including phenoxy) is 2. The van der Waals surface area contributed by atoms with Crippen molar-refractivity contribution in [1.29, 1.82) is 0 Å². The van der Waals surface area contributed by atoms with Gasteiger partial charge in [-0.3, -0.25) is 14.4 Å². The summed E-state index contributed by atoms with van der Waals surface area (Å²) < 4.78 is 10.7. The maximum atomic E-state index is 13.5. The van der Waals surface area contributed by atoms with E-state index in [9.17, 15) is 29.1 Å². The summed E-state index contributed by atoms with van der Waals surface area (Å²) >= 11 is 0. The molecule has 3 aromatic rings. The normalized spacial score (nSPS) is 13.1. The molecule has 4 amide bonds. The highest BCUT2D eigenvalue weighted by Crippen LogP contribution is 2.19. The number of carbonyl (C=O) groups excluding carboxylic acids is 5. The first-order valence-corrected chi connectivity index (χ1v) is 15.5. The van der Waals surface area contributed by atoms with E-state index >= 15 is 0 Å². The van der Waals surface area contributed by atoms with Crippen LogP contribution in [0.1, 0.15) is 31.7 Å². The molecule has 5 N–H and O–H groups in total. The molecule has 254 valence electrons. The van der Waals surface area contributed by atoms with E-state index in [1.807, 2.05) is 36.4 Å². The Morgan fingerprint density at radius 3 is 2.17 bits per heavy atom. The minimum atomic E-state index is -1.38. The number of allylic oxidation sites excluding steroid dienone is 1. The van der Waals surface area contributed by atoms with Crippen molar-refractivity contribution >= 4 is 46.2 Å². The van der Waals surface area contributed by atoms with Crippen LogP contribution in [-0.4, -0.2) is 66.2 Å². The Morgan fingerprint density at radius 2 is 1.48 bits per heavy atom. The van der Waals surface area contributed by atoms with Crippen LogP contribution < -0.4 is 21.3 Å². The summed E-state index contributed by atoms with van der Waals surface area (Å²) in [5.41, 5.74) is 1.19. The molecule has 0 spiro atoms. The van der Waals surface area contributed by atoms with Crippen molar-refractivity contribution in [2.45, 2.75) is 50.9 Å². The number of nitrogens with one attached hydrogen (secondary N) is 4. The van der Waals surface area contributed by atoms with Crippen LogP contribution in [0.3, 0.4) is 0 Å². The maximum Gasteiger partial charge on any atom is 0.408 e. The quantitative estimate of drug-likeness (QED) is 0.102. The molecule has 0 aliphatic heterocycles. The number of rotatable bonds is 18. The molecule has 0 saturated heterocycles. The highest BCUT2D eigenvalue weighted by atomic mass is 16.6. The Balaban J connectivity index is 1.73. The van der Waals surface area contributed by atoms with Gasteiger partial charge in [-0.2, -0.15) is 0 Å². The van der Waals surface area contributed by atoms with E-state index in [2.05, 4.69) is 34.4 Å². The zero-order valence-electron chi connectivity index (χ0n) is 26.9. The van der Waals surface area contributed by atoms with E-state index in [-0.39, 0.29) is 32.5 Å². The van der Waals surface area contributed by atoms with Crippen molar-refractivity contribution in [2.24, 2.45) is 5.92 Å². The van der Waals surface area contributed by atoms with Crippen molar-refractivity contribution in [1.82, 2.24) is 16.0 Å². The number of esters is 1. The van der Waals surface area contributed by atoms with E-state index in [0.29, 0.717) is 5.69 Å². The van der Waals surface area contributed by atoms with Gasteiger partial charge in [0.1, 0.15) is 25.3 Å². The van der Waals surface area contributed by atoms with Crippen molar-refractivity contribution in [2.75, 3.05) is 18.5 Å². The zero-order valence-corrected chi connectivity index (χ0v) is 26.9. The van der Waals surface area contributed by atoms with Crippen molar-refractivity contribution in [3.05, 3.63) is 104 Å². The summed E-state index contributed by atoms with van der Waals surface area (Å²) in [5.74, 6) is -3.60. The van der Waals surface area contributed by atoms with Gasteiger partial charge in [-0.05, 0) is 48.2 Å². The van der Waals surface area contributed by atoms with Gasteiger partial charge in [0.05, 0.1) is 12.5 Å². The monoisotopic (exact) mass is 658 g/mol. The second-order valence-electron chi connectivity index (χ2n) is 11.1. The standard InChI is InChI=1S/C36H42N4O8/c1-4-11-28(20-32(42)37-24(3)21-41)33(43)39-31(34(44)38-29-18-17-26-15-9-10-16-27(26)19-29)23-47-35(45)30(12-5-2)40-36(46)48-22-25-13-7-6-8-14-25/h4-10,13-19,24,28,30-31,41H,1-2,11-12,20-23H2,3H3,(H,37,42)(H,38,44)(H,39,43)(H,40,46)/t24-,28-,30+,31-/m0/s1. The molecular formula is C36H42N4O8. The molecule has 0 unspecified atom stereocenters. The van der Waals surface area contributed by atoms with E-state index in [0.717, 1.165) is 16.3 Å². The summed E-state index contributed by atoms with van der Waals surface area (Å²) in [4.78, 5) is 65.0. The fourth-order valence-electron chi connectivity index (χ4n) is 4.61. The number of carbonyl (C=O) groups is 5. The molecule has 12 nitrogen and oxygen atoms in total. The molecule has 0 saturated carbocycles. The summed E-state index contributed by atoms with van der Waals surface area (Å²) in [6.45, 7) is 8.00. The Labute approximate surface area is 279 Å². The van der Waals surface area contributed by atoms with Gasteiger partial charge in [-0.15, -0.1) is 13.2 Å². The average molecular weight is 659 g/mol. The topological polar surface area (TPSA) is 172 Å². The molecule has 4 atom stereocenters. The second-order valence-corrected chi connectivity index (χ2v) is 11.1. The van der Waals surface area contributed by atoms with Gasteiger partial charge in [0.25, 0.3) is 5.91 Å². The van der Waals surface area contributed by atoms with Crippen LogP contribution in [0.5, 0.6) is 0 Å². The van der Waals surface area contributed by atoms with Gasteiger partial charge in [-0.25, -0.2) is 9.59 Å². The third-order valence-corrected chi connectivity index (χ3v) is 7.17. The smallest absolute Gasteiger partial charge is 0.408 e. The minimum absolute atomic E-state index is 0.00235. The first-order chi connectivity index (χ1) is 23.1. The van der Waals surface area contributed by atoms with Gasteiger partial charge >= 0.3 is 12.1 Å². The van der Waals surface area contributed by atoms with Gasteiger partial charge in [-0.1, -0.05) is 72.8 Å². The third-order valence-electron chi connectivity index (χ3n) is 7.17. The molecule has 0 heterocycles. The second kappa shape index (κ2) is 19.2. The Hall–Kier alpha value is -5.49. The van der Waals surface area contributed by atoms with Crippen LogP contribution in [0.4, 0.5) is 10.5 Å². The summed E-state index contributed by atoms with van der Waals surface area (Å²) in [6.07, 6.45) is 1.90. The van der Waals surface area contributed by atoms with E-state index in [1.54, 1.807) is 43.3 Å². The SMILES string of the molecule is C=CC[C@@H](CC(=O)N[C@@H](C)CO)C(=O)N[C@@H](COC(=O)[C@@H](CC=C)NC(=O)OCc1ccccc1)C(=O)Nc1ccc2ccccc2c1. The van der Waals surface area contributed by atoms with Gasteiger partial charge in [0.15, 0.2) is 0 Å². The van der Waals surface area contributed by atoms with Crippen LogP contribution in [0.25, 0.3) is 10.8 Å². The summed E-state index contributed by atoms with van der Waals surface area (Å²) in [7, 11) is 0.